The molecule has 0 spiro atoms. The lowest BCUT2D eigenvalue weighted by Crippen LogP contribution is -2.50. The average Bonchev–Trinajstić information content (AvgIpc) is 3.27. The van der Waals surface area contributed by atoms with E-state index in [2.05, 4.69) is 25.3 Å². The van der Waals surface area contributed by atoms with E-state index in [1.807, 2.05) is 6.92 Å². The van der Waals surface area contributed by atoms with E-state index >= 15 is 0 Å². The molecule has 1 saturated carbocycles. The predicted octanol–water partition coefficient (Wildman–Crippen LogP) is 3.58. The van der Waals surface area contributed by atoms with Crippen molar-refractivity contribution in [2.45, 2.75) is 70.0 Å². The van der Waals surface area contributed by atoms with E-state index in [9.17, 15) is 18.3 Å². The number of halogens is 3. The molecule has 1 aliphatic heterocycles. The average molecular weight is 443 g/mol. The number of likely N-dealkylation sites (tertiary alicyclic amines) is 1. The van der Waals surface area contributed by atoms with E-state index in [1.54, 1.807) is 0 Å². The van der Waals surface area contributed by atoms with Crippen molar-refractivity contribution in [1.29, 1.82) is 0 Å². The zero-order valence-corrected chi connectivity index (χ0v) is 18.0. The Hall–Kier alpha value is -2.00. The van der Waals surface area contributed by atoms with Gasteiger partial charge in [-0.15, -0.1) is 13.2 Å². The molecule has 0 bridgehead atoms. The molecule has 1 saturated heterocycles. The van der Waals surface area contributed by atoms with Gasteiger partial charge < -0.3 is 25.4 Å². The molecule has 0 radical (unpaired) electrons. The summed E-state index contributed by atoms with van der Waals surface area (Å²) < 4.78 is 40.7. The van der Waals surface area contributed by atoms with E-state index in [0.717, 1.165) is 32.0 Å². The molecule has 0 aromatic heterocycles. The molecule has 1 aromatic rings. The summed E-state index contributed by atoms with van der Waals surface area (Å²) in [6.45, 7) is 4.98. The monoisotopic (exact) mass is 442 g/mol. The highest BCUT2D eigenvalue weighted by Gasteiger charge is 2.31. The summed E-state index contributed by atoms with van der Waals surface area (Å²) in [6, 6.07) is 6.31. The van der Waals surface area contributed by atoms with Crippen LogP contribution in [0.4, 0.5) is 13.2 Å². The van der Waals surface area contributed by atoms with Crippen LogP contribution in [0.2, 0.25) is 0 Å². The number of aliphatic hydroxyl groups excluding tert-OH is 1. The number of ether oxygens (including phenoxy) is 1. The Kier molecular flexibility index (Phi) is 8.43. The normalized spacial score (nSPS) is 20.6. The minimum absolute atomic E-state index is 0.107. The molecule has 1 heterocycles. The van der Waals surface area contributed by atoms with E-state index < -0.39 is 12.5 Å². The summed E-state index contributed by atoms with van der Waals surface area (Å²) in [5.41, 5.74) is 0.485. The van der Waals surface area contributed by atoms with Gasteiger partial charge in [-0.3, -0.25) is 4.99 Å². The molecule has 0 amide bonds. The zero-order chi connectivity index (χ0) is 22.3. The van der Waals surface area contributed by atoms with Gasteiger partial charge in [0.15, 0.2) is 5.96 Å². The van der Waals surface area contributed by atoms with E-state index in [1.165, 1.54) is 49.9 Å². The van der Waals surface area contributed by atoms with Crippen LogP contribution in [0.1, 0.15) is 57.1 Å². The molecule has 1 atom stereocenters. The fraction of sp³-hybridized carbons (Fsp3) is 0.682. The maximum atomic E-state index is 12.3. The van der Waals surface area contributed by atoms with Crippen molar-refractivity contribution in [1.82, 2.24) is 15.5 Å². The number of guanidine groups is 1. The van der Waals surface area contributed by atoms with Crippen molar-refractivity contribution in [3.05, 3.63) is 29.8 Å². The number of piperidine rings is 1. The number of nitrogens with zero attached hydrogens (tertiary/aromatic N) is 2. The number of benzene rings is 1. The molecule has 1 unspecified atom stereocenters. The number of hydrogen-bond acceptors (Lipinski definition) is 4. The lowest BCUT2D eigenvalue weighted by Gasteiger charge is -2.36. The van der Waals surface area contributed by atoms with Crippen LogP contribution in [0, 0.1) is 0 Å². The van der Waals surface area contributed by atoms with Crippen LogP contribution in [-0.2, 0) is 0 Å². The highest BCUT2D eigenvalue weighted by molar-refractivity contribution is 5.80. The van der Waals surface area contributed by atoms with Gasteiger partial charge >= 0.3 is 6.36 Å². The quantitative estimate of drug-likeness (QED) is 0.445. The molecule has 3 N–H and O–H groups in total. The van der Waals surface area contributed by atoms with Crippen LogP contribution < -0.4 is 15.4 Å². The predicted molar refractivity (Wildman–Crippen MR) is 114 cm³/mol. The first-order valence-electron chi connectivity index (χ1n) is 11.2. The largest absolute Gasteiger partial charge is 0.573 e. The van der Waals surface area contributed by atoms with Gasteiger partial charge in [-0.2, -0.15) is 0 Å². The Balaban J connectivity index is 1.49. The Morgan fingerprint density at radius 3 is 2.39 bits per heavy atom. The Labute approximate surface area is 181 Å². The Morgan fingerprint density at radius 2 is 1.81 bits per heavy atom. The fourth-order valence-electron chi connectivity index (χ4n) is 4.37. The van der Waals surface area contributed by atoms with E-state index in [4.69, 9.17) is 0 Å². The van der Waals surface area contributed by atoms with Gasteiger partial charge in [0.05, 0.1) is 12.6 Å². The molecule has 174 valence electrons. The molecule has 6 nitrogen and oxygen atoms in total. The number of alkyl halides is 3. The second kappa shape index (κ2) is 11.0. The standard InChI is InChI=1S/C22H33F3N4O2/c1-2-26-21(28-17-11-13-29(14-12-17)18-5-3-4-6-18)27-15-20(30)16-7-9-19(10-8-16)31-22(23,24)25/h7-10,17-18,20,30H,2-6,11-15H2,1H3,(H2,26,27,28). The summed E-state index contributed by atoms with van der Waals surface area (Å²) in [7, 11) is 0. The number of rotatable bonds is 7. The number of aliphatic imine (C=N–C) groups is 1. The lowest BCUT2D eigenvalue weighted by molar-refractivity contribution is -0.274. The van der Waals surface area contributed by atoms with Crippen LogP contribution in [0.25, 0.3) is 0 Å². The molecule has 1 aliphatic carbocycles. The van der Waals surface area contributed by atoms with Crippen LogP contribution in [-0.4, -0.2) is 60.6 Å². The van der Waals surface area contributed by atoms with Gasteiger partial charge in [0.1, 0.15) is 5.75 Å². The van der Waals surface area contributed by atoms with Gasteiger partial charge in [0, 0.05) is 31.7 Å². The fourth-order valence-corrected chi connectivity index (χ4v) is 4.37. The summed E-state index contributed by atoms with van der Waals surface area (Å²) in [6.07, 6.45) is 1.81. The maximum absolute atomic E-state index is 12.3. The van der Waals surface area contributed by atoms with Gasteiger partial charge in [-0.05, 0) is 50.3 Å². The van der Waals surface area contributed by atoms with Crippen molar-refractivity contribution in [2.75, 3.05) is 26.2 Å². The van der Waals surface area contributed by atoms with E-state index in [0.29, 0.717) is 24.1 Å². The second-order valence-corrected chi connectivity index (χ2v) is 8.25. The topological polar surface area (TPSA) is 69.1 Å². The maximum Gasteiger partial charge on any atom is 0.573 e. The molecule has 2 fully saturated rings. The van der Waals surface area contributed by atoms with Crippen molar-refractivity contribution in [3.63, 3.8) is 0 Å². The Bertz CT molecular complexity index is 698. The van der Waals surface area contributed by atoms with Crippen molar-refractivity contribution in [3.8, 4) is 5.75 Å². The van der Waals surface area contributed by atoms with Crippen molar-refractivity contribution < 1.29 is 23.0 Å². The van der Waals surface area contributed by atoms with E-state index in [-0.39, 0.29) is 12.3 Å². The van der Waals surface area contributed by atoms with Gasteiger partial charge in [0.25, 0.3) is 0 Å². The SMILES string of the molecule is CCNC(=NCC(O)c1ccc(OC(F)(F)F)cc1)NC1CCN(C2CCCC2)CC1. The first-order chi connectivity index (χ1) is 14.8. The van der Waals surface area contributed by atoms with Gasteiger partial charge in [-0.1, -0.05) is 25.0 Å². The molecule has 31 heavy (non-hydrogen) atoms. The summed E-state index contributed by atoms with van der Waals surface area (Å²) in [5.74, 6) is 0.337. The smallest absolute Gasteiger partial charge is 0.406 e. The molecule has 2 aliphatic rings. The number of hydrogen-bond donors (Lipinski definition) is 3. The minimum Gasteiger partial charge on any atom is -0.406 e. The van der Waals surface area contributed by atoms with Gasteiger partial charge in [-0.25, -0.2) is 0 Å². The third kappa shape index (κ3) is 7.57. The first-order valence-corrected chi connectivity index (χ1v) is 11.2. The van der Waals surface area contributed by atoms with Crippen molar-refractivity contribution in [2.24, 2.45) is 4.99 Å². The number of nitrogens with one attached hydrogen (secondary N) is 2. The Morgan fingerprint density at radius 1 is 1.16 bits per heavy atom. The summed E-state index contributed by atoms with van der Waals surface area (Å²) in [4.78, 5) is 7.10. The van der Waals surface area contributed by atoms with Crippen LogP contribution in [0.15, 0.2) is 29.3 Å². The third-order valence-corrected chi connectivity index (χ3v) is 5.98. The van der Waals surface area contributed by atoms with Crippen LogP contribution >= 0.6 is 0 Å². The summed E-state index contributed by atoms with van der Waals surface area (Å²) in [5, 5.41) is 17.1. The molecular weight excluding hydrogens is 409 g/mol. The minimum atomic E-state index is -4.73. The van der Waals surface area contributed by atoms with Gasteiger partial charge in [0.2, 0.25) is 0 Å². The third-order valence-electron chi connectivity index (χ3n) is 5.98. The van der Waals surface area contributed by atoms with Crippen LogP contribution in [0.5, 0.6) is 5.75 Å². The second-order valence-electron chi connectivity index (χ2n) is 8.25. The molecular formula is C22H33F3N4O2. The first kappa shape index (κ1) is 23.7. The molecule has 9 heteroatoms. The highest BCUT2D eigenvalue weighted by Crippen LogP contribution is 2.26. The van der Waals surface area contributed by atoms with Crippen LogP contribution in [0.3, 0.4) is 0 Å². The zero-order valence-electron chi connectivity index (χ0n) is 18.0. The summed E-state index contributed by atoms with van der Waals surface area (Å²) >= 11 is 0. The molecule has 3 rings (SSSR count). The highest BCUT2D eigenvalue weighted by atomic mass is 19.4. The van der Waals surface area contributed by atoms with Crippen molar-refractivity contribution >= 4 is 5.96 Å². The molecule has 1 aromatic carbocycles. The lowest BCUT2D eigenvalue weighted by atomic mass is 10.0. The number of aliphatic hydroxyl groups is 1.